The van der Waals surface area contributed by atoms with E-state index >= 15 is 0 Å². The Morgan fingerprint density at radius 2 is 1.95 bits per heavy atom. The molecule has 1 aromatic heterocycles. The minimum Gasteiger partial charge on any atom is -0.497 e. The summed E-state index contributed by atoms with van der Waals surface area (Å²) in [6.07, 6.45) is 1.44. The monoisotopic (exact) mass is 281 g/mol. The van der Waals surface area contributed by atoms with Gasteiger partial charge in [0.25, 0.3) is 10.0 Å². The van der Waals surface area contributed by atoms with E-state index in [9.17, 15) is 8.42 Å². The van der Waals surface area contributed by atoms with Crippen LogP contribution in [-0.2, 0) is 16.6 Å². The summed E-state index contributed by atoms with van der Waals surface area (Å²) in [5.41, 5.74) is 1.02. The lowest BCUT2D eigenvalue weighted by Gasteiger charge is -2.06. The van der Waals surface area contributed by atoms with E-state index in [1.54, 1.807) is 18.6 Å². The lowest BCUT2D eigenvalue weighted by molar-refractivity contribution is 0.414. The number of nitrogens with two attached hydrogens (primary N) is 1. The van der Waals surface area contributed by atoms with Crippen LogP contribution < -0.4 is 9.88 Å². The maximum absolute atomic E-state index is 11.2. The summed E-state index contributed by atoms with van der Waals surface area (Å²) in [6.45, 7) is 2.26. The lowest BCUT2D eigenvalue weighted by atomic mass is 10.2. The van der Waals surface area contributed by atoms with Crippen molar-refractivity contribution in [2.24, 2.45) is 5.14 Å². The molecule has 0 aliphatic carbocycles. The van der Waals surface area contributed by atoms with Crippen molar-refractivity contribution in [3.05, 3.63) is 41.9 Å². The van der Waals surface area contributed by atoms with Gasteiger partial charge in [0, 0.05) is 12.7 Å². The van der Waals surface area contributed by atoms with Crippen LogP contribution in [-0.4, -0.2) is 25.1 Å². The molecule has 1 heterocycles. The molecular weight excluding hydrogens is 266 g/mol. The molecule has 0 bridgehead atoms. The van der Waals surface area contributed by atoms with Crippen LogP contribution in [0.5, 0.6) is 5.75 Å². The van der Waals surface area contributed by atoms with Gasteiger partial charge in [-0.2, -0.15) is 0 Å². The van der Waals surface area contributed by atoms with Gasteiger partial charge in [0.15, 0.2) is 5.03 Å². The number of hydrogen-bond acceptors (Lipinski definition) is 4. The average molecular weight is 281 g/mol. The predicted octanol–water partition coefficient (Wildman–Crippen LogP) is 0.896. The molecular formula is C12H15N3O3S. The van der Waals surface area contributed by atoms with Gasteiger partial charge in [0.2, 0.25) is 0 Å². The van der Waals surface area contributed by atoms with Crippen molar-refractivity contribution >= 4 is 10.0 Å². The molecule has 0 aliphatic heterocycles. The van der Waals surface area contributed by atoms with E-state index < -0.39 is 10.0 Å². The summed E-state index contributed by atoms with van der Waals surface area (Å²) in [5.74, 6) is 1.37. The van der Waals surface area contributed by atoms with E-state index in [1.807, 2.05) is 24.3 Å². The van der Waals surface area contributed by atoms with Crippen molar-refractivity contribution in [1.29, 1.82) is 0 Å². The Morgan fingerprint density at radius 3 is 2.42 bits per heavy atom. The Balaban J connectivity index is 2.25. The number of methoxy groups -OCH3 is 1. The van der Waals surface area contributed by atoms with Crippen molar-refractivity contribution in [3.63, 3.8) is 0 Å². The van der Waals surface area contributed by atoms with E-state index in [0.717, 1.165) is 11.3 Å². The van der Waals surface area contributed by atoms with Gasteiger partial charge in [-0.3, -0.25) is 0 Å². The van der Waals surface area contributed by atoms with Crippen LogP contribution in [0, 0.1) is 6.92 Å². The molecule has 102 valence electrons. The number of ether oxygens (including phenoxy) is 1. The molecule has 0 fully saturated rings. The first-order chi connectivity index (χ1) is 8.90. The third-order valence-corrected chi connectivity index (χ3v) is 3.54. The Morgan fingerprint density at radius 1 is 1.32 bits per heavy atom. The molecule has 0 atom stereocenters. The maximum atomic E-state index is 11.2. The second-order valence-electron chi connectivity index (χ2n) is 4.15. The van der Waals surface area contributed by atoms with Crippen LogP contribution in [0.25, 0.3) is 0 Å². The first kappa shape index (κ1) is 13.6. The molecule has 0 amide bonds. The molecule has 2 rings (SSSR count). The average Bonchev–Trinajstić information content (AvgIpc) is 2.72. The minimum absolute atomic E-state index is 0.112. The largest absolute Gasteiger partial charge is 0.497 e. The zero-order chi connectivity index (χ0) is 14.0. The van der Waals surface area contributed by atoms with E-state index in [2.05, 4.69) is 4.98 Å². The molecule has 19 heavy (non-hydrogen) atoms. The molecule has 1 aromatic carbocycles. The van der Waals surface area contributed by atoms with Crippen molar-refractivity contribution in [1.82, 2.24) is 9.55 Å². The highest BCUT2D eigenvalue weighted by Crippen LogP contribution is 2.14. The fourth-order valence-corrected chi connectivity index (χ4v) is 2.24. The third-order valence-electron chi connectivity index (χ3n) is 2.76. The Bertz CT molecular complexity index is 675. The SMILES string of the molecule is COc1ccc(Cn2cc(S(N)(=O)=O)nc2C)cc1. The van der Waals surface area contributed by atoms with Crippen LogP contribution >= 0.6 is 0 Å². The highest BCUT2D eigenvalue weighted by Gasteiger charge is 2.14. The molecule has 0 saturated heterocycles. The Hall–Kier alpha value is -1.86. The number of imidazole rings is 1. The second kappa shape index (κ2) is 5.02. The lowest BCUT2D eigenvalue weighted by Crippen LogP contribution is -2.12. The van der Waals surface area contributed by atoms with Gasteiger partial charge in [0.1, 0.15) is 11.6 Å². The van der Waals surface area contributed by atoms with Gasteiger partial charge < -0.3 is 9.30 Å². The van der Waals surface area contributed by atoms with Crippen molar-refractivity contribution < 1.29 is 13.2 Å². The van der Waals surface area contributed by atoms with Crippen molar-refractivity contribution in [2.45, 2.75) is 18.5 Å². The number of sulfonamides is 1. The fourth-order valence-electron chi connectivity index (χ4n) is 1.70. The molecule has 2 aromatic rings. The van der Waals surface area contributed by atoms with Gasteiger partial charge in [-0.15, -0.1) is 0 Å². The summed E-state index contributed by atoms with van der Waals surface area (Å²) < 4.78 is 29.3. The number of nitrogens with zero attached hydrogens (tertiary/aromatic N) is 2. The molecule has 0 unspecified atom stereocenters. The second-order valence-corrected chi connectivity index (χ2v) is 5.66. The van der Waals surface area contributed by atoms with Gasteiger partial charge >= 0.3 is 0 Å². The molecule has 0 aliphatic rings. The number of rotatable bonds is 4. The zero-order valence-corrected chi connectivity index (χ0v) is 11.5. The molecule has 0 saturated carbocycles. The van der Waals surface area contributed by atoms with Gasteiger partial charge in [0.05, 0.1) is 7.11 Å². The number of primary sulfonamides is 1. The summed E-state index contributed by atoms with van der Waals surface area (Å²) in [6, 6.07) is 7.52. The quantitative estimate of drug-likeness (QED) is 0.901. The fraction of sp³-hybridized carbons (Fsp3) is 0.250. The predicted molar refractivity (Wildman–Crippen MR) is 70.4 cm³/mol. The third kappa shape index (κ3) is 3.12. The highest BCUT2D eigenvalue weighted by molar-refractivity contribution is 7.89. The molecule has 6 nitrogen and oxygen atoms in total. The van der Waals surface area contributed by atoms with Crippen LogP contribution in [0.1, 0.15) is 11.4 Å². The summed E-state index contributed by atoms with van der Waals surface area (Å²) >= 11 is 0. The summed E-state index contributed by atoms with van der Waals surface area (Å²) in [4.78, 5) is 3.94. The van der Waals surface area contributed by atoms with Crippen LogP contribution in [0.3, 0.4) is 0 Å². The number of benzene rings is 1. The Kier molecular flexibility index (Phi) is 3.59. The zero-order valence-electron chi connectivity index (χ0n) is 10.7. The first-order valence-corrected chi connectivity index (χ1v) is 7.14. The molecule has 0 spiro atoms. The molecule has 7 heteroatoms. The van der Waals surface area contributed by atoms with E-state index in [-0.39, 0.29) is 5.03 Å². The number of aryl methyl sites for hydroxylation is 1. The number of aromatic nitrogens is 2. The molecule has 0 radical (unpaired) electrons. The van der Waals surface area contributed by atoms with Crippen LogP contribution in [0.4, 0.5) is 0 Å². The number of hydrogen-bond donors (Lipinski definition) is 1. The normalized spacial score (nSPS) is 11.5. The smallest absolute Gasteiger partial charge is 0.257 e. The summed E-state index contributed by atoms with van der Waals surface area (Å²) in [5, 5.41) is 4.94. The van der Waals surface area contributed by atoms with Gasteiger partial charge in [-0.25, -0.2) is 18.5 Å². The highest BCUT2D eigenvalue weighted by atomic mass is 32.2. The Labute approximate surface area is 111 Å². The molecule has 2 N–H and O–H groups in total. The maximum Gasteiger partial charge on any atom is 0.257 e. The van der Waals surface area contributed by atoms with Gasteiger partial charge in [-0.05, 0) is 24.6 Å². The van der Waals surface area contributed by atoms with E-state index in [4.69, 9.17) is 9.88 Å². The summed E-state index contributed by atoms with van der Waals surface area (Å²) in [7, 11) is -2.15. The van der Waals surface area contributed by atoms with Crippen LogP contribution in [0.2, 0.25) is 0 Å². The van der Waals surface area contributed by atoms with Gasteiger partial charge in [-0.1, -0.05) is 12.1 Å². The first-order valence-electron chi connectivity index (χ1n) is 5.59. The van der Waals surface area contributed by atoms with E-state index in [0.29, 0.717) is 12.4 Å². The topological polar surface area (TPSA) is 87.2 Å². The van der Waals surface area contributed by atoms with Crippen molar-refractivity contribution in [3.8, 4) is 5.75 Å². The van der Waals surface area contributed by atoms with Crippen molar-refractivity contribution in [2.75, 3.05) is 7.11 Å². The standard InChI is InChI=1S/C12H15N3O3S/c1-9-14-12(19(13,16)17)8-15(9)7-10-3-5-11(18-2)6-4-10/h3-6,8H,7H2,1-2H3,(H2,13,16,17). The van der Waals surface area contributed by atoms with Crippen LogP contribution in [0.15, 0.2) is 35.5 Å². The van der Waals surface area contributed by atoms with E-state index in [1.165, 1.54) is 6.20 Å². The minimum atomic E-state index is -3.76.